The van der Waals surface area contributed by atoms with Crippen molar-refractivity contribution in [1.29, 1.82) is 0 Å². The number of hydrogen-bond acceptors (Lipinski definition) is 6. The second-order valence-electron chi connectivity index (χ2n) is 12.8. The highest BCUT2D eigenvalue weighted by Crippen LogP contribution is 2.38. The molecule has 0 spiro atoms. The maximum atomic E-state index is 14.0. The summed E-state index contributed by atoms with van der Waals surface area (Å²) in [5.74, 6) is 0. The van der Waals surface area contributed by atoms with E-state index in [1.807, 2.05) is 83.3 Å². The Bertz CT molecular complexity index is 1810. The standard InChI is InChI=1S/C39H41BrClN7O2/c40-33-22-32-13-12-31-23-34(41)14-15-35(31)38(37(32)43-25-33)46-20-21-48(39(49)44-24-29-8-3-1-4-9-29)36(27-46)50-47(26-30-10-5-2-6-11-30)18-7-17-45-19-16-42-28-45/h1-6,8-11,14-16,19,22-23,25,28,36,38H,7,12-13,17-18,20-21,24,26-27H2,(H,44,49)/t36-,38-/m0/s1. The first-order valence-corrected chi connectivity index (χ1v) is 18.3. The molecule has 7 rings (SSSR count). The van der Waals surface area contributed by atoms with Gasteiger partial charge in [-0.05, 0) is 81.2 Å². The molecule has 1 aliphatic heterocycles. The zero-order valence-corrected chi connectivity index (χ0v) is 30.2. The minimum absolute atomic E-state index is 0.114. The second kappa shape index (κ2) is 16.3. The van der Waals surface area contributed by atoms with Crippen LogP contribution in [0.3, 0.4) is 0 Å². The second-order valence-corrected chi connectivity index (χ2v) is 14.2. The molecule has 1 N–H and O–H groups in total. The molecular weight excluding hydrogens is 714 g/mol. The Hall–Kier alpha value is -4.06. The first kappa shape index (κ1) is 34.4. The molecule has 1 aliphatic carbocycles. The molecule has 258 valence electrons. The summed E-state index contributed by atoms with van der Waals surface area (Å²) in [5.41, 5.74) is 6.86. The van der Waals surface area contributed by atoms with Crippen molar-refractivity contribution in [3.63, 3.8) is 0 Å². The van der Waals surface area contributed by atoms with Gasteiger partial charge in [-0.1, -0.05) is 78.3 Å². The summed E-state index contributed by atoms with van der Waals surface area (Å²) in [7, 11) is 0. The van der Waals surface area contributed by atoms with Gasteiger partial charge in [-0.15, -0.1) is 0 Å². The van der Waals surface area contributed by atoms with E-state index in [1.165, 1.54) is 16.7 Å². The van der Waals surface area contributed by atoms with E-state index in [2.05, 4.69) is 66.0 Å². The number of imidazole rings is 1. The molecule has 1 fully saturated rings. The highest BCUT2D eigenvalue weighted by atomic mass is 79.9. The molecule has 0 unspecified atom stereocenters. The molecular formula is C39H41BrClN7O2. The first-order chi connectivity index (χ1) is 24.5. The van der Waals surface area contributed by atoms with Crippen molar-refractivity contribution in [2.24, 2.45) is 0 Å². The minimum Gasteiger partial charge on any atom is -0.337 e. The van der Waals surface area contributed by atoms with Crippen LogP contribution in [-0.2, 0) is 37.3 Å². The number of urea groups is 1. The number of piperazine rings is 1. The van der Waals surface area contributed by atoms with Gasteiger partial charge in [0.1, 0.15) is 0 Å². The summed E-state index contributed by atoms with van der Waals surface area (Å²) in [6, 6.07) is 28.5. The SMILES string of the molecule is O=C(NCc1ccccc1)N1CCN([C@H]2c3ccc(Cl)cc3CCc3cc(Br)cnc32)C[C@@H]1ON(CCCn1ccnc1)Cc1ccccc1. The summed E-state index contributed by atoms with van der Waals surface area (Å²) in [5, 5.41) is 5.91. The Morgan fingerprint density at radius 1 is 0.980 bits per heavy atom. The number of hydroxylamine groups is 2. The summed E-state index contributed by atoms with van der Waals surface area (Å²) >= 11 is 10.2. The van der Waals surface area contributed by atoms with Crippen molar-refractivity contribution in [3.8, 4) is 0 Å². The number of fused-ring (bicyclic) bond motifs is 2. The Kier molecular flexibility index (Phi) is 11.2. The molecule has 11 heteroatoms. The van der Waals surface area contributed by atoms with Crippen LogP contribution in [-0.4, -0.2) is 67.8 Å². The third kappa shape index (κ3) is 8.45. The average molecular weight is 755 g/mol. The molecule has 0 radical (unpaired) electrons. The molecule has 0 bridgehead atoms. The van der Waals surface area contributed by atoms with Gasteiger partial charge in [0, 0.05) is 73.9 Å². The molecule has 5 aromatic rings. The van der Waals surface area contributed by atoms with E-state index >= 15 is 0 Å². The van der Waals surface area contributed by atoms with E-state index in [9.17, 15) is 4.79 Å². The van der Waals surface area contributed by atoms with E-state index in [4.69, 9.17) is 21.4 Å². The van der Waals surface area contributed by atoms with Gasteiger partial charge >= 0.3 is 6.03 Å². The van der Waals surface area contributed by atoms with Gasteiger partial charge < -0.3 is 9.88 Å². The number of aryl methyl sites for hydroxylation is 3. The largest absolute Gasteiger partial charge is 0.337 e. The van der Waals surface area contributed by atoms with Crippen LogP contribution < -0.4 is 5.32 Å². The summed E-state index contributed by atoms with van der Waals surface area (Å²) in [6.07, 6.45) is 9.54. The van der Waals surface area contributed by atoms with Crippen LogP contribution in [0, 0.1) is 0 Å². The Balaban J connectivity index is 1.19. The number of benzene rings is 3. The van der Waals surface area contributed by atoms with Crippen LogP contribution in [0.5, 0.6) is 0 Å². The van der Waals surface area contributed by atoms with Gasteiger partial charge in [0.25, 0.3) is 0 Å². The van der Waals surface area contributed by atoms with Crippen molar-refractivity contribution >= 4 is 33.6 Å². The lowest BCUT2D eigenvalue weighted by atomic mass is 9.96. The summed E-state index contributed by atoms with van der Waals surface area (Å²) < 4.78 is 3.04. The molecule has 1 saturated heterocycles. The van der Waals surface area contributed by atoms with Gasteiger partial charge in [0.2, 0.25) is 0 Å². The topological polar surface area (TPSA) is 78.8 Å². The van der Waals surface area contributed by atoms with Crippen LogP contribution in [0.2, 0.25) is 5.02 Å². The number of carbonyl (C=O) groups is 1. The molecule has 2 aromatic heterocycles. The molecule has 3 heterocycles. The van der Waals surface area contributed by atoms with Gasteiger partial charge in [-0.2, -0.15) is 5.06 Å². The third-order valence-electron chi connectivity index (χ3n) is 9.42. The normalized spacial score (nSPS) is 17.6. The summed E-state index contributed by atoms with van der Waals surface area (Å²) in [6.45, 7) is 4.15. The number of rotatable bonds is 11. The molecule has 3 aromatic carbocycles. The van der Waals surface area contributed by atoms with Crippen LogP contribution in [0.15, 0.2) is 114 Å². The molecule has 9 nitrogen and oxygen atoms in total. The maximum Gasteiger partial charge on any atom is 0.319 e. The van der Waals surface area contributed by atoms with Crippen LogP contribution in [0.25, 0.3) is 0 Å². The van der Waals surface area contributed by atoms with Crippen molar-refractivity contribution in [1.82, 2.24) is 34.7 Å². The zero-order chi connectivity index (χ0) is 34.3. The lowest BCUT2D eigenvalue weighted by Crippen LogP contribution is -2.60. The number of nitrogens with zero attached hydrogens (tertiary/aromatic N) is 6. The lowest BCUT2D eigenvalue weighted by molar-refractivity contribution is -0.250. The van der Waals surface area contributed by atoms with Crippen molar-refractivity contribution in [2.75, 3.05) is 26.2 Å². The Morgan fingerprint density at radius 3 is 2.54 bits per heavy atom. The predicted octanol–water partition coefficient (Wildman–Crippen LogP) is 7.26. The molecule has 50 heavy (non-hydrogen) atoms. The van der Waals surface area contributed by atoms with Gasteiger partial charge in [-0.3, -0.25) is 19.6 Å². The number of aromatic nitrogens is 3. The minimum atomic E-state index is -0.547. The van der Waals surface area contributed by atoms with E-state index in [0.29, 0.717) is 39.3 Å². The third-order valence-corrected chi connectivity index (χ3v) is 10.1. The highest BCUT2D eigenvalue weighted by Gasteiger charge is 2.39. The number of halogens is 2. The monoisotopic (exact) mass is 753 g/mol. The molecule has 2 aliphatic rings. The van der Waals surface area contributed by atoms with Crippen molar-refractivity contribution in [2.45, 2.75) is 51.2 Å². The van der Waals surface area contributed by atoms with Crippen molar-refractivity contribution < 1.29 is 9.63 Å². The number of nitrogens with one attached hydrogen (secondary N) is 1. The fraction of sp³-hybridized carbons (Fsp3) is 0.308. The van der Waals surface area contributed by atoms with Gasteiger partial charge in [0.05, 0.1) is 18.1 Å². The van der Waals surface area contributed by atoms with Gasteiger partial charge in [0.15, 0.2) is 6.23 Å². The maximum absolute atomic E-state index is 14.0. The molecule has 0 saturated carbocycles. The zero-order valence-electron chi connectivity index (χ0n) is 27.9. The Morgan fingerprint density at radius 2 is 1.76 bits per heavy atom. The van der Waals surface area contributed by atoms with E-state index in [1.54, 1.807) is 6.20 Å². The van der Waals surface area contributed by atoms with Gasteiger partial charge in [-0.25, -0.2) is 9.78 Å². The number of amides is 2. The fourth-order valence-electron chi connectivity index (χ4n) is 6.96. The smallest absolute Gasteiger partial charge is 0.319 e. The average Bonchev–Trinajstić information content (AvgIpc) is 3.60. The van der Waals surface area contributed by atoms with Crippen molar-refractivity contribution in [3.05, 3.63) is 153 Å². The first-order valence-electron chi connectivity index (χ1n) is 17.2. The highest BCUT2D eigenvalue weighted by molar-refractivity contribution is 9.10. The van der Waals surface area contributed by atoms with E-state index in [-0.39, 0.29) is 12.1 Å². The van der Waals surface area contributed by atoms with Crippen LogP contribution in [0.4, 0.5) is 4.79 Å². The predicted molar refractivity (Wildman–Crippen MR) is 198 cm³/mol. The van der Waals surface area contributed by atoms with E-state index in [0.717, 1.165) is 52.1 Å². The quantitative estimate of drug-likeness (QED) is 0.143. The Labute approximate surface area is 306 Å². The number of carbonyl (C=O) groups excluding carboxylic acids is 1. The van der Waals surface area contributed by atoms with Crippen LogP contribution >= 0.6 is 27.5 Å². The number of pyridine rings is 1. The van der Waals surface area contributed by atoms with E-state index < -0.39 is 6.23 Å². The molecule has 2 amide bonds. The molecule has 2 atom stereocenters. The summed E-state index contributed by atoms with van der Waals surface area (Å²) in [4.78, 5) is 34.4. The lowest BCUT2D eigenvalue weighted by Gasteiger charge is -2.45. The van der Waals surface area contributed by atoms with Crippen LogP contribution in [0.1, 0.15) is 46.0 Å². The fourth-order valence-corrected chi connectivity index (χ4v) is 7.54. The number of hydrogen-bond donors (Lipinski definition) is 1.